The average molecular weight is 602 g/mol. The predicted octanol–water partition coefficient (Wildman–Crippen LogP) is 12.6. The van der Waals surface area contributed by atoms with Gasteiger partial charge in [-0.05, 0) is 80.4 Å². The standard InChI is InChI=1S/C44H27NS/c1-2-14-29(15-3-1)45-39-23-10-8-20-37(39)43-30-16-5-4-13-28(30)27-38(44(43)45)32-18-7-6-17-31(32)33-25-26-41-42-35(33)21-12-22-36(42)34-19-9-11-24-40(34)46-41/h1-27H. The highest BCUT2D eigenvalue weighted by molar-refractivity contribution is 7.99. The van der Waals surface area contributed by atoms with Crippen LogP contribution in [0.1, 0.15) is 0 Å². The van der Waals surface area contributed by atoms with Gasteiger partial charge in [-0.2, -0.15) is 0 Å². The molecular formula is C44H27NS. The van der Waals surface area contributed by atoms with E-state index in [1.807, 2.05) is 11.8 Å². The Morgan fingerprint density at radius 1 is 0.370 bits per heavy atom. The summed E-state index contributed by atoms with van der Waals surface area (Å²) < 4.78 is 2.47. The fourth-order valence-corrected chi connectivity index (χ4v) is 8.79. The van der Waals surface area contributed by atoms with Gasteiger partial charge in [0.1, 0.15) is 0 Å². The van der Waals surface area contributed by atoms with Gasteiger partial charge in [-0.15, -0.1) is 0 Å². The molecule has 0 N–H and O–H groups in total. The molecule has 1 nitrogen and oxygen atoms in total. The molecule has 0 atom stereocenters. The maximum absolute atomic E-state index is 2.47. The van der Waals surface area contributed by atoms with Crippen LogP contribution in [0, 0.1) is 0 Å². The molecule has 0 radical (unpaired) electrons. The van der Waals surface area contributed by atoms with E-state index < -0.39 is 0 Å². The monoisotopic (exact) mass is 601 g/mol. The predicted molar refractivity (Wildman–Crippen MR) is 196 cm³/mol. The molecule has 0 unspecified atom stereocenters. The van der Waals surface area contributed by atoms with E-state index in [1.165, 1.54) is 92.2 Å². The van der Waals surface area contributed by atoms with Crippen molar-refractivity contribution in [1.29, 1.82) is 0 Å². The van der Waals surface area contributed by atoms with Crippen LogP contribution in [0.15, 0.2) is 174 Å². The zero-order chi connectivity index (χ0) is 30.2. The molecule has 0 amide bonds. The third kappa shape index (κ3) is 3.65. The summed E-state index contributed by atoms with van der Waals surface area (Å²) >= 11 is 1.88. The molecule has 9 aromatic rings. The van der Waals surface area contributed by atoms with Gasteiger partial charge in [0, 0.05) is 37.2 Å². The summed E-state index contributed by atoms with van der Waals surface area (Å²) in [5.74, 6) is 0. The van der Waals surface area contributed by atoms with Gasteiger partial charge in [-0.3, -0.25) is 0 Å². The zero-order valence-electron chi connectivity index (χ0n) is 24.9. The van der Waals surface area contributed by atoms with Crippen LogP contribution in [0.5, 0.6) is 0 Å². The van der Waals surface area contributed by atoms with E-state index in [-0.39, 0.29) is 0 Å². The minimum atomic E-state index is 1.17. The van der Waals surface area contributed by atoms with Gasteiger partial charge in [0.25, 0.3) is 0 Å². The van der Waals surface area contributed by atoms with Crippen LogP contribution >= 0.6 is 11.8 Å². The van der Waals surface area contributed by atoms with Crippen LogP contribution in [0.25, 0.3) is 82.4 Å². The van der Waals surface area contributed by atoms with E-state index in [0.717, 1.165) is 0 Å². The lowest BCUT2D eigenvalue weighted by Gasteiger charge is -2.22. The molecule has 0 fully saturated rings. The lowest BCUT2D eigenvalue weighted by atomic mass is 9.87. The minimum absolute atomic E-state index is 1.17. The smallest absolute Gasteiger partial charge is 0.0626 e. The van der Waals surface area contributed by atoms with Crippen molar-refractivity contribution in [2.45, 2.75) is 9.79 Å². The summed E-state index contributed by atoms with van der Waals surface area (Å²) in [5, 5.41) is 7.75. The molecule has 1 aromatic heterocycles. The summed E-state index contributed by atoms with van der Waals surface area (Å²) in [6.45, 7) is 0. The van der Waals surface area contributed by atoms with Crippen molar-refractivity contribution in [3.63, 3.8) is 0 Å². The van der Waals surface area contributed by atoms with Gasteiger partial charge in [-0.1, -0.05) is 139 Å². The van der Waals surface area contributed by atoms with Crippen molar-refractivity contribution in [3.05, 3.63) is 164 Å². The molecular weight excluding hydrogens is 575 g/mol. The summed E-state index contributed by atoms with van der Waals surface area (Å²) in [6, 6.07) is 60.2. The first-order valence-corrected chi connectivity index (χ1v) is 16.6. The van der Waals surface area contributed by atoms with E-state index in [4.69, 9.17) is 0 Å². The molecule has 1 aliphatic heterocycles. The van der Waals surface area contributed by atoms with Crippen LogP contribution in [0.4, 0.5) is 0 Å². The Kier molecular flexibility index (Phi) is 5.58. The first-order chi connectivity index (χ1) is 22.8. The molecule has 0 saturated carbocycles. The molecule has 2 heterocycles. The second kappa shape index (κ2) is 9.97. The Labute approximate surface area is 271 Å². The molecule has 214 valence electrons. The lowest BCUT2D eigenvalue weighted by molar-refractivity contribution is 1.18. The maximum atomic E-state index is 2.47. The number of hydrogen-bond acceptors (Lipinski definition) is 1. The molecule has 8 aromatic carbocycles. The van der Waals surface area contributed by atoms with Crippen molar-refractivity contribution < 1.29 is 0 Å². The Balaban J connectivity index is 1.33. The van der Waals surface area contributed by atoms with Crippen molar-refractivity contribution in [2.24, 2.45) is 0 Å². The molecule has 0 aliphatic carbocycles. The van der Waals surface area contributed by atoms with E-state index >= 15 is 0 Å². The van der Waals surface area contributed by atoms with Crippen LogP contribution in [0.3, 0.4) is 0 Å². The largest absolute Gasteiger partial charge is 0.309 e. The van der Waals surface area contributed by atoms with Crippen LogP contribution < -0.4 is 0 Å². The molecule has 46 heavy (non-hydrogen) atoms. The Morgan fingerprint density at radius 2 is 1.02 bits per heavy atom. The van der Waals surface area contributed by atoms with Gasteiger partial charge >= 0.3 is 0 Å². The number of rotatable bonds is 3. The van der Waals surface area contributed by atoms with Gasteiger partial charge in [0.15, 0.2) is 0 Å². The Morgan fingerprint density at radius 3 is 1.89 bits per heavy atom. The van der Waals surface area contributed by atoms with E-state index in [9.17, 15) is 0 Å². The third-order valence-electron chi connectivity index (χ3n) is 9.58. The second-order valence-electron chi connectivity index (χ2n) is 12.0. The molecule has 0 bridgehead atoms. The number of hydrogen-bond donors (Lipinski definition) is 0. The van der Waals surface area contributed by atoms with Crippen molar-refractivity contribution in [2.75, 3.05) is 0 Å². The van der Waals surface area contributed by atoms with Gasteiger partial charge in [-0.25, -0.2) is 0 Å². The molecule has 0 spiro atoms. The highest BCUT2D eigenvalue weighted by atomic mass is 32.2. The van der Waals surface area contributed by atoms with Gasteiger partial charge in [0.05, 0.1) is 11.0 Å². The van der Waals surface area contributed by atoms with Gasteiger partial charge < -0.3 is 4.57 Å². The fourth-order valence-electron chi connectivity index (χ4n) is 7.66. The topological polar surface area (TPSA) is 4.93 Å². The Hall–Kier alpha value is -5.57. The van der Waals surface area contributed by atoms with Crippen LogP contribution in [-0.2, 0) is 0 Å². The SMILES string of the molecule is c1ccc(-n2c3ccccc3c3c4ccccc4cc(-c4ccccc4-c4ccc5c6c(cccc46)-c4ccccc4S5)c32)cc1. The normalized spacial score (nSPS) is 12.3. The molecule has 10 rings (SSSR count). The molecule has 2 heteroatoms. The number of fused-ring (bicyclic) bond motifs is 7. The van der Waals surface area contributed by atoms with Crippen molar-refractivity contribution >= 4 is 55.1 Å². The third-order valence-corrected chi connectivity index (χ3v) is 10.7. The number of nitrogens with zero attached hydrogens (tertiary/aromatic N) is 1. The summed E-state index contributed by atoms with van der Waals surface area (Å²) in [4.78, 5) is 2.64. The van der Waals surface area contributed by atoms with Crippen LogP contribution in [-0.4, -0.2) is 4.57 Å². The summed E-state index contributed by atoms with van der Waals surface area (Å²) in [5.41, 5.74) is 11.3. The zero-order valence-corrected chi connectivity index (χ0v) is 25.8. The van der Waals surface area contributed by atoms with Crippen molar-refractivity contribution in [1.82, 2.24) is 4.57 Å². The van der Waals surface area contributed by atoms with E-state index in [2.05, 4.69) is 168 Å². The first kappa shape index (κ1) is 25.7. The maximum Gasteiger partial charge on any atom is 0.0626 e. The highest BCUT2D eigenvalue weighted by Crippen LogP contribution is 2.51. The van der Waals surface area contributed by atoms with E-state index in [0.29, 0.717) is 0 Å². The lowest BCUT2D eigenvalue weighted by Crippen LogP contribution is -1.97. The van der Waals surface area contributed by atoms with E-state index in [1.54, 1.807) is 0 Å². The minimum Gasteiger partial charge on any atom is -0.309 e. The number of para-hydroxylation sites is 2. The van der Waals surface area contributed by atoms with Gasteiger partial charge in [0.2, 0.25) is 0 Å². The number of aromatic nitrogens is 1. The average Bonchev–Trinajstić information content (AvgIpc) is 3.48. The quantitative estimate of drug-likeness (QED) is 0.195. The fraction of sp³-hybridized carbons (Fsp3) is 0. The summed E-state index contributed by atoms with van der Waals surface area (Å²) in [7, 11) is 0. The second-order valence-corrected chi connectivity index (χ2v) is 13.1. The molecule has 0 saturated heterocycles. The Bertz CT molecular complexity index is 2660. The highest BCUT2D eigenvalue weighted by Gasteiger charge is 2.24. The molecule has 1 aliphatic rings. The van der Waals surface area contributed by atoms with Crippen molar-refractivity contribution in [3.8, 4) is 39.1 Å². The summed E-state index contributed by atoms with van der Waals surface area (Å²) in [6.07, 6.45) is 0. The van der Waals surface area contributed by atoms with Crippen LogP contribution in [0.2, 0.25) is 0 Å². The number of benzene rings is 8. The first-order valence-electron chi connectivity index (χ1n) is 15.8.